The van der Waals surface area contributed by atoms with Crippen LogP contribution in [-0.2, 0) is 19.1 Å². The first-order chi connectivity index (χ1) is 14.1. The largest absolute Gasteiger partial charge is 0.466 e. The molecule has 0 saturated heterocycles. The molecular weight excluding hydrogens is 370 g/mol. The zero-order valence-electron chi connectivity index (χ0n) is 15.8. The van der Waals surface area contributed by atoms with Gasteiger partial charge in [-0.1, -0.05) is 48.5 Å². The third kappa shape index (κ3) is 4.06. The lowest BCUT2D eigenvalue weighted by molar-refractivity contribution is -0.138. The van der Waals surface area contributed by atoms with Crippen LogP contribution in [0.15, 0.2) is 77.6 Å². The first-order valence-electron chi connectivity index (χ1n) is 8.61. The van der Waals surface area contributed by atoms with Crippen molar-refractivity contribution in [2.75, 3.05) is 14.2 Å². The van der Waals surface area contributed by atoms with E-state index in [0.717, 1.165) is 22.6 Å². The summed E-state index contributed by atoms with van der Waals surface area (Å²) >= 11 is 0. The smallest absolute Gasteiger partial charge is 0.356 e. The zero-order valence-corrected chi connectivity index (χ0v) is 15.8. The van der Waals surface area contributed by atoms with Gasteiger partial charge >= 0.3 is 11.9 Å². The molecule has 0 radical (unpaired) electrons. The van der Waals surface area contributed by atoms with Gasteiger partial charge in [0.05, 0.1) is 31.2 Å². The van der Waals surface area contributed by atoms with Crippen LogP contribution in [0, 0.1) is 11.5 Å². The number of nitrogens with zero attached hydrogens (tertiary/aromatic N) is 3. The van der Waals surface area contributed by atoms with E-state index in [9.17, 15) is 14.9 Å². The van der Waals surface area contributed by atoms with E-state index >= 15 is 0 Å². The monoisotopic (exact) mass is 387 g/mol. The van der Waals surface area contributed by atoms with Gasteiger partial charge in [0.2, 0.25) is 0 Å². The summed E-state index contributed by atoms with van der Waals surface area (Å²) in [6, 6.07) is 16.7. The Balaban J connectivity index is 2.37. The number of nitriles is 1. The first-order valence-corrected chi connectivity index (χ1v) is 8.61. The van der Waals surface area contributed by atoms with Gasteiger partial charge in [0.25, 0.3) is 0 Å². The zero-order chi connectivity index (χ0) is 20.8. The lowest BCUT2D eigenvalue weighted by Crippen LogP contribution is -2.12. The van der Waals surface area contributed by atoms with Gasteiger partial charge in [-0.25, -0.2) is 14.6 Å². The number of esters is 2. The molecule has 0 N–H and O–H groups in total. The second-order valence-electron chi connectivity index (χ2n) is 5.90. The summed E-state index contributed by atoms with van der Waals surface area (Å²) in [6.07, 6.45) is 4.77. The van der Waals surface area contributed by atoms with Crippen molar-refractivity contribution in [3.8, 4) is 17.3 Å². The van der Waals surface area contributed by atoms with Crippen LogP contribution in [0.3, 0.4) is 0 Å². The van der Waals surface area contributed by atoms with Crippen molar-refractivity contribution in [2.45, 2.75) is 0 Å². The molecule has 0 spiro atoms. The number of aromatic nitrogens is 1. The minimum Gasteiger partial charge on any atom is -0.466 e. The van der Waals surface area contributed by atoms with E-state index < -0.39 is 11.9 Å². The van der Waals surface area contributed by atoms with Gasteiger partial charge in [-0.05, 0) is 11.6 Å². The second-order valence-corrected chi connectivity index (χ2v) is 5.90. The SMILES string of the molecule is COC(=O)/C=C(/N=c1ccccc2c(-c3ccccc3)cn(C#N)c12)C(=O)OC. The van der Waals surface area contributed by atoms with E-state index in [-0.39, 0.29) is 5.70 Å². The molecule has 29 heavy (non-hydrogen) atoms. The van der Waals surface area contributed by atoms with Gasteiger partial charge in [-0.2, -0.15) is 5.26 Å². The molecule has 7 heteroatoms. The summed E-state index contributed by atoms with van der Waals surface area (Å²) in [5.41, 5.74) is 2.03. The van der Waals surface area contributed by atoms with Gasteiger partial charge in [0.15, 0.2) is 11.9 Å². The Morgan fingerprint density at radius 1 is 1.03 bits per heavy atom. The molecule has 0 amide bonds. The molecule has 1 heterocycles. The van der Waals surface area contributed by atoms with E-state index in [1.165, 1.54) is 18.8 Å². The van der Waals surface area contributed by atoms with Gasteiger partial charge in [-0.3, -0.25) is 4.57 Å². The molecule has 3 rings (SSSR count). The van der Waals surface area contributed by atoms with E-state index in [4.69, 9.17) is 4.74 Å². The normalized spacial score (nSPS) is 11.8. The number of ether oxygens (including phenoxy) is 2. The Kier molecular flexibility index (Phi) is 5.85. The standard InChI is InChI=1S/C22H17N3O4/c1-28-20(26)12-19(22(27)29-2)24-18-11-7-6-10-16-17(13-25(14-23)21(16)18)15-8-4-3-5-9-15/h3-13H,1-2H3/b19-12+,24-18?. The molecule has 0 atom stereocenters. The van der Waals surface area contributed by atoms with E-state index in [1.807, 2.05) is 42.5 Å². The molecular formula is C22H17N3O4. The summed E-state index contributed by atoms with van der Waals surface area (Å²) in [5.74, 6) is -1.54. The fraction of sp³-hybridized carbons (Fsp3) is 0.0909. The molecule has 1 aromatic heterocycles. The number of fused-ring (bicyclic) bond motifs is 1. The fourth-order valence-corrected chi connectivity index (χ4v) is 2.89. The average molecular weight is 387 g/mol. The third-order valence-corrected chi connectivity index (χ3v) is 4.20. The molecule has 0 saturated carbocycles. The molecule has 7 nitrogen and oxygen atoms in total. The van der Waals surface area contributed by atoms with Crippen molar-refractivity contribution in [3.05, 3.63) is 77.9 Å². The van der Waals surface area contributed by atoms with Crippen molar-refractivity contribution in [2.24, 2.45) is 4.99 Å². The number of hydrogen-bond donors (Lipinski definition) is 0. The highest BCUT2D eigenvalue weighted by atomic mass is 16.5. The Hall–Kier alpha value is -4.18. The molecule has 0 bridgehead atoms. The average Bonchev–Trinajstić information content (AvgIpc) is 3.01. The number of rotatable bonds is 4. The fourth-order valence-electron chi connectivity index (χ4n) is 2.89. The maximum Gasteiger partial charge on any atom is 0.356 e. The van der Waals surface area contributed by atoms with Gasteiger partial charge < -0.3 is 9.47 Å². The first kappa shape index (κ1) is 19.6. The van der Waals surface area contributed by atoms with Crippen LogP contribution in [0.2, 0.25) is 0 Å². The Labute approximate surface area is 166 Å². The highest BCUT2D eigenvalue weighted by Gasteiger charge is 2.14. The summed E-state index contributed by atoms with van der Waals surface area (Å²) in [6.45, 7) is 0. The van der Waals surface area contributed by atoms with Crippen LogP contribution in [0.4, 0.5) is 0 Å². The van der Waals surface area contributed by atoms with Crippen molar-refractivity contribution in [3.63, 3.8) is 0 Å². The minimum atomic E-state index is -0.798. The lowest BCUT2D eigenvalue weighted by Gasteiger charge is -2.00. The number of carbonyl (C=O) groups excluding carboxylic acids is 2. The molecule has 0 unspecified atom stereocenters. The second kappa shape index (κ2) is 8.67. The van der Waals surface area contributed by atoms with Gasteiger partial charge in [0, 0.05) is 17.1 Å². The van der Waals surface area contributed by atoms with Crippen molar-refractivity contribution >= 4 is 22.8 Å². The number of methoxy groups -OCH3 is 2. The Morgan fingerprint density at radius 2 is 1.72 bits per heavy atom. The molecule has 0 aliphatic carbocycles. The Morgan fingerprint density at radius 3 is 2.38 bits per heavy atom. The number of carbonyl (C=O) groups is 2. The van der Waals surface area contributed by atoms with Crippen molar-refractivity contribution in [1.29, 1.82) is 5.26 Å². The van der Waals surface area contributed by atoms with Crippen LogP contribution >= 0.6 is 0 Å². The summed E-state index contributed by atoms with van der Waals surface area (Å²) in [7, 11) is 2.39. The highest BCUT2D eigenvalue weighted by molar-refractivity contribution is 5.98. The van der Waals surface area contributed by atoms with Crippen LogP contribution in [0.1, 0.15) is 0 Å². The maximum atomic E-state index is 12.1. The minimum absolute atomic E-state index is 0.237. The third-order valence-electron chi connectivity index (χ3n) is 4.20. The van der Waals surface area contributed by atoms with Crippen LogP contribution < -0.4 is 5.36 Å². The maximum absolute atomic E-state index is 12.1. The van der Waals surface area contributed by atoms with Crippen LogP contribution in [0.25, 0.3) is 22.0 Å². The summed E-state index contributed by atoms with van der Waals surface area (Å²) in [4.78, 5) is 28.1. The topological polar surface area (TPSA) is 93.7 Å². The predicted molar refractivity (Wildman–Crippen MR) is 106 cm³/mol. The quantitative estimate of drug-likeness (QED) is 0.507. The van der Waals surface area contributed by atoms with E-state index in [1.54, 1.807) is 18.3 Å². The highest BCUT2D eigenvalue weighted by Crippen LogP contribution is 2.28. The Bertz CT molecular complexity index is 1220. The van der Waals surface area contributed by atoms with E-state index in [2.05, 4.69) is 15.9 Å². The molecule has 2 aromatic carbocycles. The van der Waals surface area contributed by atoms with Crippen molar-refractivity contribution in [1.82, 2.24) is 4.57 Å². The number of benzene rings is 1. The molecule has 3 aromatic rings. The van der Waals surface area contributed by atoms with Crippen LogP contribution in [0.5, 0.6) is 0 Å². The predicted octanol–water partition coefficient (Wildman–Crippen LogP) is 2.77. The molecule has 0 fully saturated rings. The summed E-state index contributed by atoms with van der Waals surface area (Å²) in [5, 5.41) is 10.8. The van der Waals surface area contributed by atoms with Crippen molar-refractivity contribution < 1.29 is 19.1 Å². The lowest BCUT2D eigenvalue weighted by atomic mass is 10.1. The molecule has 144 valence electrons. The van der Waals surface area contributed by atoms with Crippen LogP contribution in [-0.4, -0.2) is 30.7 Å². The number of hydrogen-bond acceptors (Lipinski definition) is 6. The van der Waals surface area contributed by atoms with Gasteiger partial charge in [-0.15, -0.1) is 0 Å². The van der Waals surface area contributed by atoms with E-state index in [0.29, 0.717) is 10.9 Å². The van der Waals surface area contributed by atoms with Gasteiger partial charge in [0.1, 0.15) is 0 Å². The molecule has 0 aliphatic rings. The molecule has 0 aliphatic heterocycles. The summed E-state index contributed by atoms with van der Waals surface area (Å²) < 4.78 is 10.7.